The van der Waals surface area contributed by atoms with E-state index in [0.717, 1.165) is 25.7 Å². The largest absolute Gasteiger partial charge is 0.396 e. The second kappa shape index (κ2) is 7.17. The molecule has 1 fully saturated rings. The molecule has 0 bridgehead atoms. The molecular formula is C15H19FN2O3. The quantitative estimate of drug-likeness (QED) is 0.738. The van der Waals surface area contributed by atoms with Crippen molar-refractivity contribution in [3.63, 3.8) is 0 Å². The van der Waals surface area contributed by atoms with Crippen molar-refractivity contribution < 1.29 is 19.1 Å². The van der Waals surface area contributed by atoms with Crippen molar-refractivity contribution in [1.82, 2.24) is 5.32 Å². The molecule has 0 radical (unpaired) electrons. The van der Waals surface area contributed by atoms with Gasteiger partial charge in [0.1, 0.15) is 5.82 Å². The van der Waals surface area contributed by atoms with Crippen LogP contribution < -0.4 is 10.6 Å². The lowest BCUT2D eigenvalue weighted by Crippen LogP contribution is -2.43. The van der Waals surface area contributed by atoms with Crippen LogP contribution in [0.3, 0.4) is 0 Å². The number of benzene rings is 1. The molecule has 0 unspecified atom stereocenters. The normalized spacial score (nSPS) is 21.6. The van der Waals surface area contributed by atoms with E-state index in [1.807, 2.05) is 0 Å². The standard InChI is InChI=1S/C15H19FN2O3/c16-11-3-7-13(8-4-11)18-15(21)14(20)17-12-5-1-10(9-19)2-6-12/h3-4,7-8,10,12,19H,1-2,5-6,9H2,(H,17,20)(H,18,21). The maximum absolute atomic E-state index is 12.7. The van der Waals surface area contributed by atoms with Crippen LogP contribution >= 0.6 is 0 Å². The molecule has 3 N–H and O–H groups in total. The molecule has 1 aromatic rings. The van der Waals surface area contributed by atoms with Crippen molar-refractivity contribution in [3.05, 3.63) is 30.1 Å². The Balaban J connectivity index is 1.80. The summed E-state index contributed by atoms with van der Waals surface area (Å²) < 4.78 is 12.7. The summed E-state index contributed by atoms with van der Waals surface area (Å²) in [6.45, 7) is 0.172. The first-order chi connectivity index (χ1) is 10.1. The van der Waals surface area contributed by atoms with Crippen LogP contribution in [0, 0.1) is 11.7 Å². The van der Waals surface area contributed by atoms with Crippen molar-refractivity contribution >= 4 is 17.5 Å². The van der Waals surface area contributed by atoms with Crippen LogP contribution in [-0.4, -0.2) is 29.6 Å². The molecule has 0 atom stereocenters. The number of nitrogens with one attached hydrogen (secondary N) is 2. The summed E-state index contributed by atoms with van der Waals surface area (Å²) in [4.78, 5) is 23.5. The van der Waals surface area contributed by atoms with E-state index in [1.165, 1.54) is 24.3 Å². The fourth-order valence-electron chi connectivity index (χ4n) is 2.46. The Morgan fingerprint density at radius 3 is 2.29 bits per heavy atom. The monoisotopic (exact) mass is 294 g/mol. The van der Waals surface area contributed by atoms with Crippen LogP contribution in [0.2, 0.25) is 0 Å². The molecule has 1 saturated carbocycles. The molecule has 1 aromatic carbocycles. The molecule has 2 rings (SSSR count). The summed E-state index contributed by atoms with van der Waals surface area (Å²) in [7, 11) is 0. The highest BCUT2D eigenvalue weighted by molar-refractivity contribution is 6.39. The van der Waals surface area contributed by atoms with Gasteiger partial charge in [0.15, 0.2) is 0 Å². The van der Waals surface area contributed by atoms with Gasteiger partial charge in [-0.25, -0.2) is 4.39 Å². The average Bonchev–Trinajstić information content (AvgIpc) is 2.50. The molecule has 1 aliphatic carbocycles. The Hall–Kier alpha value is -1.95. The fourth-order valence-corrected chi connectivity index (χ4v) is 2.46. The molecule has 1 aliphatic rings. The summed E-state index contributed by atoms with van der Waals surface area (Å²) in [6, 6.07) is 5.19. The molecule has 0 spiro atoms. The summed E-state index contributed by atoms with van der Waals surface area (Å²) in [6.07, 6.45) is 3.23. The van der Waals surface area contributed by atoms with Crippen LogP contribution in [0.25, 0.3) is 0 Å². The summed E-state index contributed by atoms with van der Waals surface area (Å²) in [5.74, 6) is -1.55. The molecule has 0 heterocycles. The SMILES string of the molecule is O=C(Nc1ccc(F)cc1)C(=O)NC1CCC(CO)CC1. The average molecular weight is 294 g/mol. The summed E-state index contributed by atoms with van der Waals surface area (Å²) >= 11 is 0. The topological polar surface area (TPSA) is 78.4 Å². The van der Waals surface area contributed by atoms with Gasteiger partial charge in [-0.3, -0.25) is 9.59 Å². The van der Waals surface area contributed by atoms with Crippen LogP contribution in [-0.2, 0) is 9.59 Å². The van der Waals surface area contributed by atoms with Gasteiger partial charge in [0, 0.05) is 18.3 Å². The van der Waals surface area contributed by atoms with E-state index in [1.54, 1.807) is 0 Å². The molecule has 5 nitrogen and oxygen atoms in total. The molecule has 114 valence electrons. The zero-order chi connectivity index (χ0) is 15.2. The third kappa shape index (κ3) is 4.53. The highest BCUT2D eigenvalue weighted by Gasteiger charge is 2.24. The lowest BCUT2D eigenvalue weighted by molar-refractivity contribution is -0.136. The lowest BCUT2D eigenvalue weighted by Gasteiger charge is -2.27. The van der Waals surface area contributed by atoms with Gasteiger partial charge < -0.3 is 15.7 Å². The Kier molecular flexibility index (Phi) is 5.27. The van der Waals surface area contributed by atoms with Gasteiger partial charge in [-0.15, -0.1) is 0 Å². The Morgan fingerprint density at radius 2 is 1.71 bits per heavy atom. The van der Waals surface area contributed by atoms with Gasteiger partial charge in [-0.2, -0.15) is 0 Å². The van der Waals surface area contributed by atoms with Gasteiger partial charge in [-0.1, -0.05) is 0 Å². The number of hydrogen-bond acceptors (Lipinski definition) is 3. The predicted molar refractivity (Wildman–Crippen MR) is 76.0 cm³/mol. The number of carbonyl (C=O) groups excluding carboxylic acids is 2. The highest BCUT2D eigenvalue weighted by Crippen LogP contribution is 2.23. The summed E-state index contributed by atoms with van der Waals surface area (Å²) in [5.41, 5.74) is 0.375. The van der Waals surface area contributed by atoms with Crippen molar-refractivity contribution in [2.45, 2.75) is 31.7 Å². The van der Waals surface area contributed by atoms with Crippen LogP contribution in [0.5, 0.6) is 0 Å². The molecule has 0 aliphatic heterocycles. The zero-order valence-corrected chi connectivity index (χ0v) is 11.6. The van der Waals surface area contributed by atoms with Gasteiger partial charge in [-0.05, 0) is 55.9 Å². The number of aliphatic hydroxyl groups excluding tert-OH is 1. The second-order valence-corrected chi connectivity index (χ2v) is 5.33. The number of halogens is 1. The molecule has 0 saturated heterocycles. The van der Waals surface area contributed by atoms with E-state index in [-0.39, 0.29) is 12.6 Å². The Morgan fingerprint density at radius 1 is 1.10 bits per heavy atom. The first kappa shape index (κ1) is 15.4. The molecular weight excluding hydrogens is 275 g/mol. The minimum Gasteiger partial charge on any atom is -0.396 e. The number of rotatable bonds is 3. The van der Waals surface area contributed by atoms with E-state index in [2.05, 4.69) is 10.6 Å². The first-order valence-electron chi connectivity index (χ1n) is 7.06. The first-order valence-corrected chi connectivity index (χ1v) is 7.06. The minimum atomic E-state index is -0.758. The van der Waals surface area contributed by atoms with E-state index >= 15 is 0 Å². The third-order valence-electron chi connectivity index (χ3n) is 3.75. The summed E-state index contributed by atoms with van der Waals surface area (Å²) in [5, 5.41) is 14.2. The number of anilines is 1. The third-order valence-corrected chi connectivity index (χ3v) is 3.75. The van der Waals surface area contributed by atoms with Gasteiger partial charge in [0.25, 0.3) is 0 Å². The maximum Gasteiger partial charge on any atom is 0.313 e. The fraction of sp³-hybridized carbons (Fsp3) is 0.467. The molecule has 21 heavy (non-hydrogen) atoms. The number of carbonyl (C=O) groups is 2. The Labute approximate surface area is 122 Å². The molecule has 0 aromatic heterocycles. The smallest absolute Gasteiger partial charge is 0.313 e. The highest BCUT2D eigenvalue weighted by atomic mass is 19.1. The minimum absolute atomic E-state index is 0.0285. The van der Waals surface area contributed by atoms with Crippen molar-refractivity contribution in [2.75, 3.05) is 11.9 Å². The van der Waals surface area contributed by atoms with Gasteiger partial charge >= 0.3 is 11.8 Å². The number of hydrogen-bond donors (Lipinski definition) is 3. The second-order valence-electron chi connectivity index (χ2n) is 5.33. The zero-order valence-electron chi connectivity index (χ0n) is 11.6. The molecule has 2 amide bonds. The molecule has 6 heteroatoms. The van der Waals surface area contributed by atoms with Gasteiger partial charge in [0.05, 0.1) is 0 Å². The lowest BCUT2D eigenvalue weighted by atomic mass is 9.86. The number of aliphatic hydroxyl groups is 1. The van der Waals surface area contributed by atoms with Crippen molar-refractivity contribution in [3.8, 4) is 0 Å². The van der Waals surface area contributed by atoms with Crippen molar-refractivity contribution in [1.29, 1.82) is 0 Å². The Bertz CT molecular complexity index is 496. The maximum atomic E-state index is 12.7. The van der Waals surface area contributed by atoms with Crippen LogP contribution in [0.15, 0.2) is 24.3 Å². The van der Waals surface area contributed by atoms with E-state index < -0.39 is 17.6 Å². The van der Waals surface area contributed by atoms with E-state index in [9.17, 15) is 14.0 Å². The van der Waals surface area contributed by atoms with E-state index in [0.29, 0.717) is 11.6 Å². The van der Waals surface area contributed by atoms with Crippen LogP contribution in [0.1, 0.15) is 25.7 Å². The van der Waals surface area contributed by atoms with Crippen molar-refractivity contribution in [2.24, 2.45) is 5.92 Å². The predicted octanol–water partition coefficient (Wildman–Crippen LogP) is 1.43. The number of amides is 2. The van der Waals surface area contributed by atoms with Crippen LogP contribution in [0.4, 0.5) is 10.1 Å². The van der Waals surface area contributed by atoms with Gasteiger partial charge in [0.2, 0.25) is 0 Å². The van der Waals surface area contributed by atoms with E-state index in [4.69, 9.17) is 5.11 Å².